The summed E-state index contributed by atoms with van der Waals surface area (Å²) in [5.74, 6) is -4.21. The minimum atomic E-state index is -1.84. The topological polar surface area (TPSA) is 392 Å². The predicted molar refractivity (Wildman–Crippen MR) is 515 cm³/mol. The largest absolute Gasteiger partial charge is 0.462 e. The van der Waals surface area contributed by atoms with Gasteiger partial charge >= 0.3 is 11.9 Å². The molecule has 772 valence electrons. The van der Waals surface area contributed by atoms with Gasteiger partial charge in [0, 0.05) is 129 Å². The quantitative estimate of drug-likeness (QED) is 0.0365. The zero-order valence-corrected chi connectivity index (χ0v) is 85.7. The van der Waals surface area contributed by atoms with Gasteiger partial charge in [0.1, 0.15) is 89.2 Å². The molecule has 4 bridgehead atoms. The average molecular weight is 1980 g/mol. The van der Waals surface area contributed by atoms with Gasteiger partial charge in [0.25, 0.3) is 0 Å². The van der Waals surface area contributed by atoms with E-state index < -0.39 is 182 Å². The summed E-state index contributed by atoms with van der Waals surface area (Å²) in [5, 5.41) is 78.2. The maximum atomic E-state index is 14.3. The van der Waals surface area contributed by atoms with Crippen molar-refractivity contribution in [3.8, 4) is 6.19 Å². The van der Waals surface area contributed by atoms with Crippen LogP contribution in [0.1, 0.15) is 187 Å². The predicted octanol–water partition coefficient (Wildman–Crippen LogP) is 12.5. The fraction of sp³-hybridized carbons (Fsp3) is 0.724. The number of methoxy groups -OCH3 is 4. The van der Waals surface area contributed by atoms with Crippen molar-refractivity contribution in [3.63, 3.8) is 0 Å². The number of amidine groups is 1. The number of nitriles is 1. The second kappa shape index (κ2) is 47.3. The third-order valence-electron chi connectivity index (χ3n) is 30.6. The number of aliphatic hydroxyl groups excluding tert-OH is 4. The number of carbonyl (C=O) groups excluding carboxylic acids is 2. The van der Waals surface area contributed by atoms with Gasteiger partial charge in [-0.05, 0) is 137 Å². The molecular weight excluding hydrogens is 1830 g/mol. The highest BCUT2D eigenvalue weighted by Gasteiger charge is 2.63. The van der Waals surface area contributed by atoms with Gasteiger partial charge in [-0.1, -0.05) is 164 Å². The lowest BCUT2D eigenvalue weighted by atomic mass is 9.71. The van der Waals surface area contributed by atoms with Gasteiger partial charge in [-0.3, -0.25) is 9.59 Å². The molecule has 9 saturated heterocycles. The number of rotatable bonds is 17. The van der Waals surface area contributed by atoms with Crippen LogP contribution in [-0.2, 0) is 111 Å². The Morgan fingerprint density at radius 1 is 0.561 bits per heavy atom. The van der Waals surface area contributed by atoms with Crippen LogP contribution in [0.2, 0.25) is 5.15 Å². The number of thioether (sulfide) groups is 1. The molecule has 6 N–H and O–H groups in total. The van der Waals surface area contributed by atoms with Crippen molar-refractivity contribution >= 4 is 40.5 Å². The summed E-state index contributed by atoms with van der Waals surface area (Å²) < 4.78 is 127. The number of aliphatic imine (C=N–C) groups is 1. The molecule has 1 aromatic heterocycles. The lowest BCUT2D eigenvalue weighted by Crippen LogP contribution is -2.58. The molecule has 2 spiro atoms. The molecule has 15 aliphatic rings. The van der Waals surface area contributed by atoms with E-state index in [1.807, 2.05) is 76.4 Å². The summed E-state index contributed by atoms with van der Waals surface area (Å²) in [4.78, 5) is 38.5. The van der Waals surface area contributed by atoms with Gasteiger partial charge in [-0.15, -0.1) is 4.99 Å². The molecule has 2 aliphatic carbocycles. The third kappa shape index (κ3) is 24.7. The maximum absolute atomic E-state index is 14.3. The van der Waals surface area contributed by atoms with E-state index in [1.54, 1.807) is 104 Å². The normalized spacial score (nSPS) is 45.6. The van der Waals surface area contributed by atoms with E-state index in [0.717, 1.165) is 47.1 Å². The number of fused-ring (bicyclic) bond motifs is 4. The number of ether oxygens (including phenoxy) is 20. The minimum absolute atomic E-state index is 0.0313. The number of carbonyl (C=O) groups is 2. The number of hydrogen-bond acceptors (Lipinski definition) is 32. The lowest BCUT2D eigenvalue weighted by molar-refractivity contribution is -0.318. The van der Waals surface area contributed by atoms with E-state index in [1.165, 1.54) is 0 Å². The Labute approximate surface area is 828 Å². The number of nitrogens with zero attached hydrogens (tertiary/aromatic N) is 4. The standard InChI is InChI=1S/C48H72O14.C47H70O14.C10H9ClN4S/c1-11-25(2)43-28(5)17-18-47(62-43)23-34-20-33(61-47)16-15-27(4)42(26(3)13-12-14-32-24-55-45-40(49)29(6)19-35(46(51)58-34)48(32,45)52)59-39-22-37(54-10)44(31(8)57-39)60-38-21-36(53-9)41(50)30(7)56-38;1-24(2)41-27(5)16-17-46(61-41)22-33-19-32(60-46)15-14-26(4)42(25(3)12-11-13-31-23-54-44-39(48)28(6)18-34(45(50)57-33)47(31,44)51)58-38-21-36(53-10)43(30(8)56-38)59-37-20-35(52-9)40(49)29(7)55-37;11-9-2-1-8(5-13-9)6-15-3-4-16-10(15)14-7-12/h12-15,17-19,25-26,28,30-31,33-45,49-50,52H,11,16,20-24H2,1-10H3;11-14,16-18,24-25,27,29-30,32-44,48-49,51H,15,19-23H2,1-10H3;1-2,5H,3-4,6H2/b13-12+,27-15+,32-14+;12-11+,26-14+,31-13+;/t25-,26-,28-,30-,31-,33+,34-,35-,36-,37-,38-,39-,40+,41-,42-,43+,44-,45+,47+,48+;25-,27-,29-,30-,32+,33-,34-,35-,36-,37-,38-,39+,40-,41+,42-,43-,44+,46+,47+;/m00./s1. The fourth-order valence-corrected chi connectivity index (χ4v) is 23.5. The number of allylic oxidation sites excluding steroid dienone is 4. The van der Waals surface area contributed by atoms with Crippen LogP contribution >= 0.6 is 23.4 Å². The first kappa shape index (κ1) is 109. The summed E-state index contributed by atoms with van der Waals surface area (Å²) in [6.45, 7) is 33.7. The van der Waals surface area contributed by atoms with Gasteiger partial charge in [0.15, 0.2) is 41.9 Å². The zero-order chi connectivity index (χ0) is 100. The second-order valence-corrected chi connectivity index (χ2v) is 42.5. The number of aromatic nitrogens is 1. The fourth-order valence-electron chi connectivity index (χ4n) is 22.4. The summed E-state index contributed by atoms with van der Waals surface area (Å²) >= 11 is 7.32. The molecule has 34 heteroatoms. The average Bonchev–Trinajstić information content (AvgIpc) is 1.60. The van der Waals surface area contributed by atoms with Crippen LogP contribution in [0.15, 0.2) is 142 Å². The minimum Gasteiger partial charge on any atom is -0.462 e. The Bertz CT molecular complexity index is 4730. The highest BCUT2D eigenvalue weighted by atomic mass is 35.5. The smallest absolute Gasteiger partial charge is 0.316 e. The van der Waals surface area contributed by atoms with Gasteiger partial charge in [-0.2, -0.15) is 5.26 Å². The van der Waals surface area contributed by atoms with Crippen LogP contribution in [0.4, 0.5) is 0 Å². The first-order valence-corrected chi connectivity index (χ1v) is 51.3. The van der Waals surface area contributed by atoms with Crippen molar-refractivity contribution in [2.24, 2.45) is 52.3 Å². The Morgan fingerprint density at radius 3 is 1.42 bits per heavy atom. The second-order valence-electron chi connectivity index (χ2n) is 41.0. The molecular formula is C105H151ClN4O28S. The molecule has 39 atom stereocenters. The molecule has 32 nitrogen and oxygen atoms in total. The van der Waals surface area contributed by atoms with Gasteiger partial charge in [-0.25, -0.2) is 4.98 Å². The molecule has 0 amide bonds. The van der Waals surface area contributed by atoms with Crippen LogP contribution in [0.25, 0.3) is 0 Å². The van der Waals surface area contributed by atoms with Crippen molar-refractivity contribution in [3.05, 3.63) is 148 Å². The maximum Gasteiger partial charge on any atom is 0.316 e. The number of hydrogen-bond donors (Lipinski definition) is 6. The summed E-state index contributed by atoms with van der Waals surface area (Å²) in [6, 6.07) is 3.70. The molecule has 0 unspecified atom stereocenters. The van der Waals surface area contributed by atoms with E-state index in [2.05, 4.69) is 94.6 Å². The number of esters is 2. The molecule has 0 aromatic carbocycles. The Morgan fingerprint density at radius 2 is 0.993 bits per heavy atom. The Balaban J connectivity index is 0.000000191. The van der Waals surface area contributed by atoms with Crippen molar-refractivity contribution < 1.29 is 135 Å². The Kier molecular flexibility index (Phi) is 37.0. The van der Waals surface area contributed by atoms with Crippen LogP contribution in [0.3, 0.4) is 0 Å². The summed E-state index contributed by atoms with van der Waals surface area (Å²) in [5.41, 5.74) is 1.33. The molecule has 0 radical (unpaired) electrons. The highest BCUT2D eigenvalue weighted by molar-refractivity contribution is 8.14. The van der Waals surface area contributed by atoms with Crippen molar-refractivity contribution in [2.75, 3.05) is 54.0 Å². The van der Waals surface area contributed by atoms with Gasteiger partial charge in [0.05, 0.1) is 98.7 Å². The van der Waals surface area contributed by atoms with Crippen LogP contribution < -0.4 is 0 Å². The summed E-state index contributed by atoms with van der Waals surface area (Å²) in [6.07, 6.45) is 19.7. The van der Waals surface area contributed by atoms with E-state index in [9.17, 15) is 40.2 Å². The monoisotopic (exact) mass is 1980 g/mol. The van der Waals surface area contributed by atoms with E-state index in [4.69, 9.17) is 112 Å². The lowest BCUT2D eigenvalue weighted by Gasteiger charge is -2.48. The molecule has 0 saturated carbocycles. The van der Waals surface area contributed by atoms with Gasteiger partial charge < -0.3 is 130 Å². The van der Waals surface area contributed by atoms with Crippen LogP contribution in [0, 0.1) is 58.8 Å². The van der Waals surface area contributed by atoms with E-state index in [0.29, 0.717) is 91.7 Å². The molecule has 16 rings (SSSR count). The van der Waals surface area contributed by atoms with E-state index in [-0.39, 0.29) is 85.3 Å². The van der Waals surface area contributed by atoms with Gasteiger partial charge in [0.2, 0.25) is 6.19 Å². The van der Waals surface area contributed by atoms with Crippen molar-refractivity contribution in [2.45, 2.75) is 382 Å². The molecule has 14 heterocycles. The number of aliphatic hydroxyl groups is 6. The molecule has 139 heavy (non-hydrogen) atoms. The van der Waals surface area contributed by atoms with Crippen molar-refractivity contribution in [1.29, 1.82) is 5.26 Å². The third-order valence-corrected chi connectivity index (χ3v) is 31.8. The number of pyridine rings is 1. The first-order chi connectivity index (χ1) is 66.2. The highest BCUT2D eigenvalue weighted by Crippen LogP contribution is 2.51. The SMILES string of the molecule is CC[C@H](C)[C@H]1O[C@]2(C=C[C@@H]1C)C[C@@H]1C[C@@H](C/C=C(\C)[C@@H](O[C@H]3C[C@H](OC)[C@@H](O[C@H]4C[C@H](OC)[C@@H](O)[C@H](C)O4)[C@H](C)O3)[C@@H](C)/C=C/C=C3\CO[C@@H]4[C@H](O)C(C)=C[C@@H](C(=O)O1)[C@]34O)O2.CO[C@H]1C[C@H](O[C@H]2[C@H](C)O[C@@H](O[C@@H]3/C(C)=C/C[C@@H]4C[C@@H](C[C@]5(C=C[C@H](C)[C@@H](C(C)C)O5)O4)OC(=O)[C@@H]4C=C(C)[C@@H](O)[C@H]5OC/C(=C\C=C\[C@@H]3C)[C@]54O)C[C@@H]2OC)O[C@@H](C)[C@@H]1O.N#CN=C1SCCN1Cc1ccc(Cl)nc1. The molecule has 9 fully saturated rings. The first-order valence-electron chi connectivity index (χ1n) is 49.9. The molecule has 13 aliphatic heterocycles. The molecule has 1 aromatic rings. The van der Waals surface area contributed by atoms with Crippen molar-refractivity contribution in [1.82, 2.24) is 9.88 Å². The zero-order valence-electron chi connectivity index (χ0n) is 84.2. The van der Waals surface area contributed by atoms with Crippen LogP contribution in [0.5, 0.6) is 0 Å². The van der Waals surface area contributed by atoms with E-state index >= 15 is 0 Å². The van der Waals surface area contributed by atoms with Crippen LogP contribution in [-0.4, -0.2) is 306 Å². The summed E-state index contributed by atoms with van der Waals surface area (Å²) in [7, 11) is 6.44. The Hall–Kier alpha value is -5.87. The number of halogens is 1.